The quantitative estimate of drug-likeness (QED) is 0.773. The van der Waals surface area contributed by atoms with Crippen molar-refractivity contribution in [3.8, 4) is 11.3 Å². The van der Waals surface area contributed by atoms with E-state index < -0.39 is 0 Å². The van der Waals surface area contributed by atoms with Gasteiger partial charge in [-0.1, -0.05) is 11.2 Å². The van der Waals surface area contributed by atoms with E-state index in [1.54, 1.807) is 25.4 Å². The van der Waals surface area contributed by atoms with E-state index in [-0.39, 0.29) is 11.7 Å². The van der Waals surface area contributed by atoms with Crippen molar-refractivity contribution in [2.24, 2.45) is 0 Å². The summed E-state index contributed by atoms with van der Waals surface area (Å²) in [5.41, 5.74) is 3.19. The fourth-order valence-corrected chi connectivity index (χ4v) is 2.30. The lowest BCUT2D eigenvalue weighted by atomic mass is 10.1. The lowest BCUT2D eigenvalue weighted by Crippen LogP contribution is -2.25. The van der Waals surface area contributed by atoms with Crippen LogP contribution < -0.4 is 5.32 Å². The minimum atomic E-state index is -0.291. The van der Waals surface area contributed by atoms with E-state index in [9.17, 15) is 4.79 Å². The molecular formula is C17H17N5O2. The standard InChI is InChI=1S/C17H17N5O2/c1-11-9-16(24-22-11)17(23)19-8-6-15-13(10-20-12(2)21-15)14-5-3-4-7-18-14/h3-5,7,9-10H,6,8H2,1-2H3,(H,19,23). The Morgan fingerprint density at radius 1 is 1.25 bits per heavy atom. The first-order valence-corrected chi connectivity index (χ1v) is 7.59. The van der Waals surface area contributed by atoms with Gasteiger partial charge in [0.2, 0.25) is 5.76 Å². The van der Waals surface area contributed by atoms with Crippen molar-refractivity contribution in [2.75, 3.05) is 6.54 Å². The number of hydrogen-bond donors (Lipinski definition) is 1. The summed E-state index contributed by atoms with van der Waals surface area (Å²) in [6, 6.07) is 7.29. The monoisotopic (exact) mass is 323 g/mol. The number of amides is 1. The van der Waals surface area contributed by atoms with Gasteiger partial charge in [-0.3, -0.25) is 9.78 Å². The van der Waals surface area contributed by atoms with Gasteiger partial charge in [-0.05, 0) is 26.0 Å². The highest BCUT2D eigenvalue weighted by Crippen LogP contribution is 2.19. The van der Waals surface area contributed by atoms with Gasteiger partial charge in [0, 0.05) is 37.0 Å². The van der Waals surface area contributed by atoms with Gasteiger partial charge in [-0.2, -0.15) is 0 Å². The molecule has 0 atom stereocenters. The van der Waals surface area contributed by atoms with E-state index in [0.29, 0.717) is 24.5 Å². The summed E-state index contributed by atoms with van der Waals surface area (Å²) in [6.45, 7) is 4.03. The summed E-state index contributed by atoms with van der Waals surface area (Å²) < 4.78 is 4.94. The molecule has 1 amide bonds. The van der Waals surface area contributed by atoms with Crippen LogP contribution in [-0.4, -0.2) is 32.6 Å². The van der Waals surface area contributed by atoms with Crippen LogP contribution in [0.3, 0.4) is 0 Å². The Bertz CT molecular complexity index is 845. The average molecular weight is 323 g/mol. The van der Waals surface area contributed by atoms with Crippen LogP contribution in [0, 0.1) is 13.8 Å². The fraction of sp³-hybridized carbons (Fsp3) is 0.235. The number of pyridine rings is 1. The average Bonchev–Trinajstić information content (AvgIpc) is 3.02. The number of aryl methyl sites for hydroxylation is 2. The molecule has 0 radical (unpaired) electrons. The number of nitrogens with one attached hydrogen (secondary N) is 1. The molecule has 122 valence electrons. The lowest BCUT2D eigenvalue weighted by Gasteiger charge is -2.09. The van der Waals surface area contributed by atoms with Gasteiger partial charge in [-0.15, -0.1) is 0 Å². The van der Waals surface area contributed by atoms with Crippen LogP contribution in [0.2, 0.25) is 0 Å². The van der Waals surface area contributed by atoms with Crippen molar-refractivity contribution in [3.05, 3.63) is 59.6 Å². The van der Waals surface area contributed by atoms with Crippen LogP contribution in [0.1, 0.15) is 27.8 Å². The van der Waals surface area contributed by atoms with E-state index in [0.717, 1.165) is 17.0 Å². The summed E-state index contributed by atoms with van der Waals surface area (Å²) in [5, 5.41) is 6.51. The maximum absolute atomic E-state index is 12.0. The number of carbonyl (C=O) groups is 1. The van der Waals surface area contributed by atoms with Crippen LogP contribution >= 0.6 is 0 Å². The molecule has 0 unspecified atom stereocenters. The Kier molecular flexibility index (Phi) is 4.60. The van der Waals surface area contributed by atoms with Crippen LogP contribution in [0.5, 0.6) is 0 Å². The second-order valence-corrected chi connectivity index (χ2v) is 5.33. The molecule has 0 aliphatic carbocycles. The van der Waals surface area contributed by atoms with Crippen molar-refractivity contribution in [1.29, 1.82) is 0 Å². The van der Waals surface area contributed by atoms with E-state index >= 15 is 0 Å². The molecule has 0 fully saturated rings. The number of rotatable bonds is 5. The van der Waals surface area contributed by atoms with Crippen LogP contribution in [0.4, 0.5) is 0 Å². The molecular weight excluding hydrogens is 306 g/mol. The first kappa shape index (κ1) is 15.8. The zero-order chi connectivity index (χ0) is 16.9. The molecule has 3 rings (SSSR count). The van der Waals surface area contributed by atoms with Crippen LogP contribution in [0.25, 0.3) is 11.3 Å². The second-order valence-electron chi connectivity index (χ2n) is 5.33. The van der Waals surface area contributed by atoms with Gasteiger partial charge in [-0.25, -0.2) is 9.97 Å². The smallest absolute Gasteiger partial charge is 0.289 e. The highest BCUT2D eigenvalue weighted by atomic mass is 16.5. The van der Waals surface area contributed by atoms with Crippen LogP contribution in [0.15, 0.2) is 41.2 Å². The maximum Gasteiger partial charge on any atom is 0.289 e. The maximum atomic E-state index is 12.0. The molecule has 3 aromatic heterocycles. The molecule has 7 nitrogen and oxygen atoms in total. The SMILES string of the molecule is Cc1cc(C(=O)NCCc2nc(C)ncc2-c2ccccn2)on1. The zero-order valence-electron chi connectivity index (χ0n) is 13.5. The summed E-state index contributed by atoms with van der Waals surface area (Å²) in [7, 11) is 0. The van der Waals surface area contributed by atoms with Gasteiger partial charge in [0.05, 0.1) is 17.1 Å². The first-order chi connectivity index (χ1) is 11.6. The zero-order valence-corrected chi connectivity index (χ0v) is 13.5. The van der Waals surface area contributed by atoms with Crippen molar-refractivity contribution in [1.82, 2.24) is 25.4 Å². The Labute approximate surface area is 139 Å². The number of hydrogen-bond acceptors (Lipinski definition) is 6. The molecule has 7 heteroatoms. The van der Waals surface area contributed by atoms with Gasteiger partial charge < -0.3 is 9.84 Å². The lowest BCUT2D eigenvalue weighted by molar-refractivity contribution is 0.0917. The predicted molar refractivity (Wildman–Crippen MR) is 87.3 cm³/mol. The summed E-state index contributed by atoms with van der Waals surface area (Å²) in [4.78, 5) is 25.1. The van der Waals surface area contributed by atoms with Crippen molar-refractivity contribution in [2.45, 2.75) is 20.3 Å². The molecule has 0 saturated carbocycles. The molecule has 0 aliphatic heterocycles. The Morgan fingerprint density at radius 3 is 2.83 bits per heavy atom. The highest BCUT2D eigenvalue weighted by molar-refractivity contribution is 5.91. The van der Waals surface area contributed by atoms with Gasteiger partial charge in [0.15, 0.2) is 0 Å². The minimum absolute atomic E-state index is 0.205. The Hall–Kier alpha value is -3.09. The topological polar surface area (TPSA) is 93.8 Å². The number of aromatic nitrogens is 4. The number of carbonyl (C=O) groups excluding carboxylic acids is 1. The largest absolute Gasteiger partial charge is 0.351 e. The molecule has 3 heterocycles. The highest BCUT2D eigenvalue weighted by Gasteiger charge is 2.13. The number of nitrogens with zero attached hydrogens (tertiary/aromatic N) is 4. The van der Waals surface area contributed by atoms with Gasteiger partial charge in [0.1, 0.15) is 5.82 Å². The third-order valence-corrected chi connectivity index (χ3v) is 3.43. The minimum Gasteiger partial charge on any atom is -0.351 e. The van der Waals surface area contributed by atoms with E-state index in [2.05, 4.69) is 25.4 Å². The molecule has 0 bridgehead atoms. The van der Waals surface area contributed by atoms with Crippen molar-refractivity contribution < 1.29 is 9.32 Å². The molecule has 3 aromatic rings. The van der Waals surface area contributed by atoms with Crippen molar-refractivity contribution in [3.63, 3.8) is 0 Å². The molecule has 1 N–H and O–H groups in total. The summed E-state index contributed by atoms with van der Waals surface area (Å²) >= 11 is 0. The fourth-order valence-electron chi connectivity index (χ4n) is 2.30. The molecule has 0 saturated heterocycles. The van der Waals surface area contributed by atoms with E-state index in [1.807, 2.05) is 25.1 Å². The second kappa shape index (κ2) is 6.99. The molecule has 0 aliphatic rings. The molecule has 0 aromatic carbocycles. The first-order valence-electron chi connectivity index (χ1n) is 7.59. The van der Waals surface area contributed by atoms with E-state index in [1.165, 1.54) is 0 Å². The summed E-state index contributed by atoms with van der Waals surface area (Å²) in [6.07, 6.45) is 4.06. The molecule has 0 spiro atoms. The van der Waals surface area contributed by atoms with E-state index in [4.69, 9.17) is 4.52 Å². The third-order valence-electron chi connectivity index (χ3n) is 3.43. The van der Waals surface area contributed by atoms with Crippen LogP contribution in [-0.2, 0) is 6.42 Å². The Balaban J connectivity index is 1.71. The normalized spacial score (nSPS) is 10.6. The van der Waals surface area contributed by atoms with Gasteiger partial charge >= 0.3 is 0 Å². The van der Waals surface area contributed by atoms with Crippen molar-refractivity contribution >= 4 is 5.91 Å². The Morgan fingerprint density at radius 2 is 2.12 bits per heavy atom. The predicted octanol–water partition coefficient (Wildman–Crippen LogP) is 2.12. The molecule has 24 heavy (non-hydrogen) atoms. The summed E-state index contributed by atoms with van der Waals surface area (Å²) in [5.74, 6) is 0.596. The third kappa shape index (κ3) is 3.62. The van der Waals surface area contributed by atoms with Gasteiger partial charge in [0.25, 0.3) is 5.91 Å².